The van der Waals surface area contributed by atoms with Gasteiger partial charge in [-0.3, -0.25) is 4.90 Å². The standard InChI is InChI=1S/C22H25N3O2S/c1-27-21-8-4-3-7-20(21)25-14-12-24(13-15-25)11-10-19(23-26)18-16-28-22-9-5-2-6-17(18)22/h2-9,16,26H,10-15H2,1H3. The van der Waals surface area contributed by atoms with E-state index in [2.05, 4.69) is 44.6 Å². The number of anilines is 1. The van der Waals surface area contributed by atoms with Crippen LogP contribution >= 0.6 is 11.3 Å². The molecular weight excluding hydrogens is 370 g/mol. The fourth-order valence-electron chi connectivity index (χ4n) is 3.81. The maximum Gasteiger partial charge on any atom is 0.142 e. The zero-order valence-electron chi connectivity index (χ0n) is 16.0. The van der Waals surface area contributed by atoms with E-state index in [1.807, 2.05) is 24.3 Å². The number of rotatable bonds is 6. The van der Waals surface area contributed by atoms with Crippen LogP contribution in [0.2, 0.25) is 0 Å². The highest BCUT2D eigenvalue weighted by Crippen LogP contribution is 2.29. The zero-order valence-corrected chi connectivity index (χ0v) is 16.9. The highest BCUT2D eigenvalue weighted by molar-refractivity contribution is 7.17. The van der Waals surface area contributed by atoms with Gasteiger partial charge in [-0.05, 0) is 18.2 Å². The van der Waals surface area contributed by atoms with E-state index in [-0.39, 0.29) is 0 Å². The second kappa shape index (κ2) is 8.63. The third-order valence-corrected chi connectivity index (χ3v) is 6.34. The molecular formula is C22H25N3O2S. The van der Waals surface area contributed by atoms with Crippen molar-refractivity contribution >= 4 is 32.8 Å². The lowest BCUT2D eigenvalue weighted by atomic mass is 10.1. The normalized spacial score (nSPS) is 15.9. The monoisotopic (exact) mass is 395 g/mol. The van der Waals surface area contributed by atoms with Crippen LogP contribution in [0, 0.1) is 0 Å². The van der Waals surface area contributed by atoms with Crippen molar-refractivity contribution < 1.29 is 9.94 Å². The van der Waals surface area contributed by atoms with Crippen molar-refractivity contribution in [1.29, 1.82) is 0 Å². The van der Waals surface area contributed by atoms with Crippen molar-refractivity contribution in [2.24, 2.45) is 5.16 Å². The Bertz CT molecular complexity index is 961. The Morgan fingerprint density at radius 1 is 1.07 bits per heavy atom. The largest absolute Gasteiger partial charge is 0.495 e. The topological polar surface area (TPSA) is 48.3 Å². The number of ether oxygens (including phenoxy) is 1. The van der Waals surface area contributed by atoms with Crippen molar-refractivity contribution in [3.8, 4) is 5.75 Å². The summed E-state index contributed by atoms with van der Waals surface area (Å²) < 4.78 is 6.72. The quantitative estimate of drug-likeness (QED) is 0.384. The molecule has 0 bridgehead atoms. The average molecular weight is 396 g/mol. The lowest BCUT2D eigenvalue weighted by Gasteiger charge is -2.36. The van der Waals surface area contributed by atoms with Crippen LogP contribution in [0.1, 0.15) is 12.0 Å². The number of nitrogens with zero attached hydrogens (tertiary/aromatic N) is 3. The summed E-state index contributed by atoms with van der Waals surface area (Å²) in [5.41, 5.74) is 2.98. The zero-order chi connectivity index (χ0) is 19.3. The summed E-state index contributed by atoms with van der Waals surface area (Å²) in [5.74, 6) is 0.926. The van der Waals surface area contributed by atoms with Crippen molar-refractivity contribution in [1.82, 2.24) is 4.90 Å². The number of thiophene rings is 1. The molecule has 3 aromatic rings. The van der Waals surface area contributed by atoms with Crippen molar-refractivity contribution in [3.63, 3.8) is 0 Å². The Hall–Kier alpha value is -2.57. The molecule has 5 nitrogen and oxygen atoms in total. The van der Waals surface area contributed by atoms with Crippen LogP contribution in [0.15, 0.2) is 59.1 Å². The first-order valence-corrected chi connectivity index (χ1v) is 10.5. The van der Waals surface area contributed by atoms with Crippen LogP contribution in [0.3, 0.4) is 0 Å². The van der Waals surface area contributed by atoms with E-state index in [4.69, 9.17) is 4.74 Å². The molecule has 2 heterocycles. The molecule has 1 N–H and O–H groups in total. The van der Waals surface area contributed by atoms with Crippen LogP contribution in [-0.2, 0) is 0 Å². The minimum atomic E-state index is 0.742. The molecule has 1 saturated heterocycles. The number of piperazine rings is 1. The van der Waals surface area contributed by atoms with Gasteiger partial charge in [0.2, 0.25) is 0 Å². The summed E-state index contributed by atoms with van der Waals surface area (Å²) in [6.07, 6.45) is 0.742. The number of hydrogen-bond acceptors (Lipinski definition) is 6. The summed E-state index contributed by atoms with van der Waals surface area (Å²) >= 11 is 1.70. The van der Waals surface area contributed by atoms with E-state index in [9.17, 15) is 5.21 Å². The predicted octanol–water partition coefficient (Wildman–Crippen LogP) is 4.30. The van der Waals surface area contributed by atoms with Gasteiger partial charge < -0.3 is 14.8 Å². The molecule has 4 rings (SSSR count). The summed E-state index contributed by atoms with van der Waals surface area (Å²) in [6, 6.07) is 16.5. The third kappa shape index (κ3) is 3.84. The van der Waals surface area contributed by atoms with Gasteiger partial charge in [-0.25, -0.2) is 0 Å². The fourth-order valence-corrected chi connectivity index (χ4v) is 4.78. The van der Waals surface area contributed by atoms with E-state index in [0.717, 1.165) is 61.9 Å². The van der Waals surface area contributed by atoms with Crippen LogP contribution < -0.4 is 9.64 Å². The minimum absolute atomic E-state index is 0.742. The van der Waals surface area contributed by atoms with Gasteiger partial charge in [0.25, 0.3) is 0 Å². The molecule has 1 aliphatic heterocycles. The maximum absolute atomic E-state index is 9.59. The molecule has 0 amide bonds. The van der Waals surface area contributed by atoms with Crippen molar-refractivity contribution in [2.45, 2.75) is 6.42 Å². The number of para-hydroxylation sites is 2. The first-order valence-electron chi connectivity index (χ1n) is 9.58. The van der Waals surface area contributed by atoms with Gasteiger partial charge in [0.15, 0.2) is 0 Å². The second-order valence-electron chi connectivity index (χ2n) is 6.94. The van der Waals surface area contributed by atoms with Gasteiger partial charge >= 0.3 is 0 Å². The summed E-state index contributed by atoms with van der Waals surface area (Å²) in [4.78, 5) is 4.81. The van der Waals surface area contributed by atoms with Crippen LogP contribution in [0.4, 0.5) is 5.69 Å². The van der Waals surface area contributed by atoms with Crippen LogP contribution in [0.5, 0.6) is 5.75 Å². The number of fused-ring (bicyclic) bond motifs is 1. The Labute approximate surface area is 169 Å². The Morgan fingerprint density at radius 3 is 2.61 bits per heavy atom. The molecule has 146 valence electrons. The molecule has 6 heteroatoms. The lowest BCUT2D eigenvalue weighted by molar-refractivity contribution is 0.262. The van der Waals surface area contributed by atoms with E-state index in [1.54, 1.807) is 18.4 Å². The summed E-state index contributed by atoms with van der Waals surface area (Å²) in [7, 11) is 1.72. The predicted molar refractivity (Wildman–Crippen MR) is 116 cm³/mol. The molecule has 1 aliphatic rings. The second-order valence-corrected chi connectivity index (χ2v) is 7.85. The van der Waals surface area contributed by atoms with Gasteiger partial charge in [-0.15, -0.1) is 11.3 Å². The first kappa shape index (κ1) is 18.8. The SMILES string of the molecule is COc1ccccc1N1CCN(CCC(=NO)c2csc3ccccc23)CC1. The van der Waals surface area contributed by atoms with Gasteiger partial charge in [-0.2, -0.15) is 0 Å². The molecule has 0 spiro atoms. The van der Waals surface area contributed by atoms with Gasteiger partial charge in [0.05, 0.1) is 18.5 Å². The van der Waals surface area contributed by atoms with Crippen molar-refractivity contribution in [2.75, 3.05) is 44.7 Å². The highest BCUT2D eigenvalue weighted by atomic mass is 32.1. The molecule has 28 heavy (non-hydrogen) atoms. The average Bonchev–Trinajstić information content (AvgIpc) is 3.19. The van der Waals surface area contributed by atoms with Gasteiger partial charge in [0.1, 0.15) is 5.75 Å². The molecule has 0 radical (unpaired) electrons. The fraction of sp³-hybridized carbons (Fsp3) is 0.318. The molecule has 1 aromatic heterocycles. The lowest BCUT2D eigenvalue weighted by Crippen LogP contribution is -2.47. The smallest absolute Gasteiger partial charge is 0.142 e. The van der Waals surface area contributed by atoms with Gasteiger partial charge in [0, 0.05) is 60.2 Å². The molecule has 1 fully saturated rings. The highest BCUT2D eigenvalue weighted by Gasteiger charge is 2.20. The maximum atomic E-state index is 9.59. The Kier molecular flexibility index (Phi) is 5.78. The molecule has 0 aliphatic carbocycles. The van der Waals surface area contributed by atoms with E-state index >= 15 is 0 Å². The number of oxime groups is 1. The summed E-state index contributed by atoms with van der Waals surface area (Å²) in [6.45, 7) is 4.80. The Balaban J connectivity index is 1.36. The molecule has 0 unspecified atom stereocenters. The summed E-state index contributed by atoms with van der Waals surface area (Å²) in [5, 5.41) is 16.5. The number of methoxy groups -OCH3 is 1. The van der Waals surface area contributed by atoms with E-state index in [0.29, 0.717) is 0 Å². The third-order valence-electron chi connectivity index (χ3n) is 5.38. The Morgan fingerprint density at radius 2 is 1.82 bits per heavy atom. The van der Waals surface area contributed by atoms with E-state index < -0.39 is 0 Å². The van der Waals surface area contributed by atoms with E-state index in [1.165, 1.54) is 10.1 Å². The molecule has 0 atom stereocenters. The molecule has 2 aromatic carbocycles. The first-order chi connectivity index (χ1) is 13.8. The molecule has 0 saturated carbocycles. The van der Waals surface area contributed by atoms with Crippen molar-refractivity contribution in [3.05, 3.63) is 59.5 Å². The van der Waals surface area contributed by atoms with Gasteiger partial charge in [-0.1, -0.05) is 35.5 Å². The number of benzene rings is 2. The number of hydrogen-bond donors (Lipinski definition) is 1. The van der Waals surface area contributed by atoms with Crippen LogP contribution in [-0.4, -0.2) is 55.7 Å². The van der Waals surface area contributed by atoms with Crippen LogP contribution in [0.25, 0.3) is 10.1 Å². The minimum Gasteiger partial charge on any atom is -0.495 e.